The quantitative estimate of drug-likeness (QED) is 0.472. The number of benzene rings is 1. The molecular weight excluding hydrogens is 206 g/mol. The summed E-state index contributed by atoms with van der Waals surface area (Å²) in [6.45, 7) is 6.60. The van der Waals surface area contributed by atoms with Crippen molar-refractivity contribution in [3.63, 3.8) is 0 Å². The molecule has 1 aromatic rings. The van der Waals surface area contributed by atoms with Gasteiger partial charge in [0.2, 0.25) is 0 Å². The highest BCUT2D eigenvalue weighted by Crippen LogP contribution is 2.13. The van der Waals surface area contributed by atoms with E-state index in [0.717, 1.165) is 12.1 Å². The molecule has 0 aliphatic rings. The Morgan fingerprint density at radius 1 is 1.24 bits per heavy atom. The highest BCUT2D eigenvalue weighted by Gasteiger charge is 1.98. The molecule has 1 nitrogen and oxygen atoms in total. The van der Waals surface area contributed by atoms with E-state index in [1.54, 1.807) is 0 Å². The first-order valence-corrected chi connectivity index (χ1v) is 6.39. The van der Waals surface area contributed by atoms with Crippen LogP contribution in [0.25, 0.3) is 0 Å². The molecule has 0 bridgehead atoms. The molecule has 1 aromatic carbocycles. The van der Waals surface area contributed by atoms with Gasteiger partial charge in [0.05, 0.1) is 5.69 Å². The third kappa shape index (κ3) is 6.72. The minimum Gasteiger partial charge on any atom is -0.261 e. The van der Waals surface area contributed by atoms with Crippen molar-refractivity contribution in [1.29, 1.82) is 0 Å². The van der Waals surface area contributed by atoms with Gasteiger partial charge in [-0.25, -0.2) is 0 Å². The molecule has 0 fully saturated rings. The first-order chi connectivity index (χ1) is 8.18. The monoisotopic (exact) mass is 229 g/mol. The number of aliphatic imine (C=N–C) groups is 1. The molecule has 0 unspecified atom stereocenters. The first kappa shape index (κ1) is 13.7. The van der Waals surface area contributed by atoms with Crippen LogP contribution >= 0.6 is 0 Å². The molecule has 0 amide bonds. The molecule has 0 spiro atoms. The fourth-order valence-electron chi connectivity index (χ4n) is 1.63. The molecule has 0 saturated heterocycles. The van der Waals surface area contributed by atoms with Crippen LogP contribution < -0.4 is 0 Å². The van der Waals surface area contributed by atoms with Crippen LogP contribution in [0, 0.1) is 5.92 Å². The Morgan fingerprint density at radius 3 is 2.59 bits per heavy atom. The Kier molecular flexibility index (Phi) is 6.31. The molecule has 0 aliphatic carbocycles. The standard InChI is InChI=1S/C16H23N/c1-14(2)8-7-9-15(3)12-13-17-16-10-5-4-6-11-16/h4-6,8,10-11,13,15H,7,9,12H2,1-3H3/t15-/m1/s1. The van der Waals surface area contributed by atoms with E-state index in [4.69, 9.17) is 0 Å². The third-order valence-electron chi connectivity index (χ3n) is 2.72. The maximum atomic E-state index is 4.45. The van der Waals surface area contributed by atoms with E-state index in [9.17, 15) is 0 Å². The highest BCUT2D eigenvalue weighted by atomic mass is 14.7. The first-order valence-electron chi connectivity index (χ1n) is 6.39. The van der Waals surface area contributed by atoms with E-state index in [-0.39, 0.29) is 0 Å². The molecule has 0 saturated carbocycles. The lowest BCUT2D eigenvalue weighted by molar-refractivity contribution is 0.563. The van der Waals surface area contributed by atoms with Gasteiger partial charge in [-0.3, -0.25) is 4.99 Å². The highest BCUT2D eigenvalue weighted by molar-refractivity contribution is 5.63. The lowest BCUT2D eigenvalue weighted by atomic mass is 10.0. The normalized spacial score (nSPS) is 12.6. The summed E-state index contributed by atoms with van der Waals surface area (Å²) in [4.78, 5) is 4.45. The maximum Gasteiger partial charge on any atom is 0.0625 e. The SMILES string of the molecule is CC(C)=CCC[C@@H](C)CC=Nc1ccccc1. The summed E-state index contributed by atoms with van der Waals surface area (Å²) in [6, 6.07) is 10.1. The number of allylic oxidation sites excluding steroid dienone is 2. The zero-order valence-electron chi connectivity index (χ0n) is 11.2. The van der Waals surface area contributed by atoms with Crippen LogP contribution in [0.1, 0.15) is 40.0 Å². The van der Waals surface area contributed by atoms with Gasteiger partial charge in [0, 0.05) is 6.21 Å². The Balaban J connectivity index is 2.26. The van der Waals surface area contributed by atoms with Gasteiger partial charge in [-0.1, -0.05) is 36.8 Å². The molecule has 92 valence electrons. The van der Waals surface area contributed by atoms with Gasteiger partial charge < -0.3 is 0 Å². The molecule has 1 atom stereocenters. The van der Waals surface area contributed by atoms with Crippen LogP contribution in [0.15, 0.2) is 47.0 Å². The Labute approximate surface area is 105 Å². The van der Waals surface area contributed by atoms with Crippen molar-refractivity contribution < 1.29 is 0 Å². The second-order valence-corrected chi connectivity index (χ2v) is 4.85. The smallest absolute Gasteiger partial charge is 0.0625 e. The van der Waals surface area contributed by atoms with Crippen molar-refractivity contribution >= 4 is 11.9 Å². The van der Waals surface area contributed by atoms with Crippen LogP contribution in [0.3, 0.4) is 0 Å². The lowest BCUT2D eigenvalue weighted by Gasteiger charge is -2.05. The molecule has 17 heavy (non-hydrogen) atoms. The van der Waals surface area contributed by atoms with E-state index < -0.39 is 0 Å². The summed E-state index contributed by atoms with van der Waals surface area (Å²) in [5.74, 6) is 0.707. The molecule has 0 radical (unpaired) electrons. The predicted molar refractivity (Wildman–Crippen MR) is 77.0 cm³/mol. The van der Waals surface area contributed by atoms with Gasteiger partial charge >= 0.3 is 0 Å². The number of nitrogens with zero attached hydrogens (tertiary/aromatic N) is 1. The van der Waals surface area contributed by atoms with Gasteiger partial charge in [0.25, 0.3) is 0 Å². The summed E-state index contributed by atoms with van der Waals surface area (Å²) >= 11 is 0. The largest absolute Gasteiger partial charge is 0.261 e. The van der Waals surface area contributed by atoms with E-state index in [1.165, 1.54) is 18.4 Å². The maximum absolute atomic E-state index is 4.45. The van der Waals surface area contributed by atoms with E-state index in [2.05, 4.69) is 31.8 Å². The third-order valence-corrected chi connectivity index (χ3v) is 2.72. The summed E-state index contributed by atoms with van der Waals surface area (Å²) in [7, 11) is 0. The Morgan fingerprint density at radius 2 is 1.94 bits per heavy atom. The number of hydrogen-bond acceptors (Lipinski definition) is 1. The molecule has 1 rings (SSSR count). The molecule has 0 aromatic heterocycles. The summed E-state index contributed by atoms with van der Waals surface area (Å²) in [6.07, 6.45) is 7.84. The average molecular weight is 229 g/mol. The van der Waals surface area contributed by atoms with E-state index >= 15 is 0 Å². The van der Waals surface area contributed by atoms with E-state index in [0.29, 0.717) is 5.92 Å². The second kappa shape index (κ2) is 7.83. The Bertz CT molecular complexity index is 358. The number of para-hydroxylation sites is 1. The molecule has 0 N–H and O–H groups in total. The van der Waals surface area contributed by atoms with Crippen molar-refractivity contribution in [2.24, 2.45) is 10.9 Å². The van der Waals surface area contributed by atoms with Crippen LogP contribution in [0.5, 0.6) is 0 Å². The lowest BCUT2D eigenvalue weighted by Crippen LogP contribution is -1.94. The van der Waals surface area contributed by atoms with Crippen molar-refractivity contribution in [3.05, 3.63) is 42.0 Å². The van der Waals surface area contributed by atoms with Crippen LogP contribution in [0.4, 0.5) is 5.69 Å². The summed E-state index contributed by atoms with van der Waals surface area (Å²) in [5.41, 5.74) is 2.46. The van der Waals surface area contributed by atoms with Gasteiger partial charge in [0.15, 0.2) is 0 Å². The van der Waals surface area contributed by atoms with Crippen molar-refractivity contribution in [1.82, 2.24) is 0 Å². The molecule has 0 aliphatic heterocycles. The van der Waals surface area contributed by atoms with Gasteiger partial charge in [-0.05, 0) is 51.2 Å². The summed E-state index contributed by atoms with van der Waals surface area (Å²) in [5, 5.41) is 0. The van der Waals surface area contributed by atoms with Crippen LogP contribution in [0.2, 0.25) is 0 Å². The van der Waals surface area contributed by atoms with Gasteiger partial charge in [-0.15, -0.1) is 0 Å². The Hall–Kier alpha value is -1.37. The zero-order chi connectivity index (χ0) is 12.5. The van der Waals surface area contributed by atoms with Crippen molar-refractivity contribution in [2.45, 2.75) is 40.0 Å². The topological polar surface area (TPSA) is 12.4 Å². The predicted octanol–water partition coefficient (Wildman–Crippen LogP) is 5.16. The van der Waals surface area contributed by atoms with Crippen LogP contribution in [-0.2, 0) is 0 Å². The molecular formula is C16H23N. The number of hydrogen-bond donors (Lipinski definition) is 0. The fourth-order valence-corrected chi connectivity index (χ4v) is 1.63. The molecule has 1 heteroatoms. The van der Waals surface area contributed by atoms with Gasteiger partial charge in [-0.2, -0.15) is 0 Å². The average Bonchev–Trinajstić information content (AvgIpc) is 2.30. The second-order valence-electron chi connectivity index (χ2n) is 4.85. The van der Waals surface area contributed by atoms with Crippen molar-refractivity contribution in [2.75, 3.05) is 0 Å². The fraction of sp³-hybridized carbons (Fsp3) is 0.438. The zero-order valence-corrected chi connectivity index (χ0v) is 11.2. The minimum absolute atomic E-state index is 0.707. The van der Waals surface area contributed by atoms with Gasteiger partial charge in [0.1, 0.15) is 0 Å². The van der Waals surface area contributed by atoms with Crippen molar-refractivity contribution in [3.8, 4) is 0 Å². The van der Waals surface area contributed by atoms with E-state index in [1.807, 2.05) is 36.5 Å². The summed E-state index contributed by atoms with van der Waals surface area (Å²) < 4.78 is 0. The minimum atomic E-state index is 0.707. The number of rotatable bonds is 6. The van der Waals surface area contributed by atoms with Crippen LogP contribution in [-0.4, -0.2) is 6.21 Å². The molecule has 0 heterocycles.